The summed E-state index contributed by atoms with van der Waals surface area (Å²) in [6.07, 6.45) is 1.59. The number of nitrogens with zero attached hydrogens (tertiary/aromatic N) is 1. The van der Waals surface area contributed by atoms with Crippen molar-refractivity contribution in [3.8, 4) is 5.75 Å². The van der Waals surface area contributed by atoms with E-state index in [0.717, 1.165) is 15.6 Å². The summed E-state index contributed by atoms with van der Waals surface area (Å²) in [5, 5.41) is 3.93. The normalized spacial score (nSPS) is 11.6. The topological polar surface area (TPSA) is 50.7 Å². The van der Waals surface area contributed by atoms with Crippen molar-refractivity contribution in [1.82, 2.24) is 5.43 Å². The molecule has 0 radical (unpaired) electrons. The van der Waals surface area contributed by atoms with Crippen molar-refractivity contribution in [1.29, 1.82) is 0 Å². The van der Waals surface area contributed by atoms with Crippen molar-refractivity contribution >= 4 is 28.1 Å². The molecular formula is C20H23BrN2O2. The van der Waals surface area contributed by atoms with E-state index >= 15 is 0 Å². The van der Waals surface area contributed by atoms with E-state index in [1.165, 1.54) is 5.56 Å². The van der Waals surface area contributed by atoms with Crippen LogP contribution >= 0.6 is 15.9 Å². The standard InChI is InChI=1S/C20H23BrN2O2/c1-14-11-16(20(2,3)4)7-10-18(14)25-13-19(24)23-22-12-15-5-8-17(21)9-6-15/h5-12H,13H2,1-4H3,(H,23,24). The zero-order chi connectivity index (χ0) is 18.4. The fraction of sp³-hybridized carbons (Fsp3) is 0.300. The average molecular weight is 403 g/mol. The van der Waals surface area contributed by atoms with Gasteiger partial charge in [-0.05, 0) is 47.2 Å². The first-order valence-electron chi connectivity index (χ1n) is 8.07. The van der Waals surface area contributed by atoms with Crippen LogP contribution in [0.4, 0.5) is 0 Å². The van der Waals surface area contributed by atoms with Gasteiger partial charge in [0.2, 0.25) is 0 Å². The molecule has 2 aromatic carbocycles. The molecule has 4 nitrogen and oxygen atoms in total. The number of nitrogens with one attached hydrogen (secondary N) is 1. The second-order valence-corrected chi connectivity index (χ2v) is 7.78. The summed E-state index contributed by atoms with van der Waals surface area (Å²) >= 11 is 3.37. The van der Waals surface area contributed by atoms with Crippen molar-refractivity contribution in [3.05, 3.63) is 63.6 Å². The monoisotopic (exact) mass is 402 g/mol. The molecule has 2 rings (SSSR count). The fourth-order valence-corrected chi connectivity index (χ4v) is 2.45. The van der Waals surface area contributed by atoms with E-state index < -0.39 is 0 Å². The molecule has 0 spiro atoms. The Morgan fingerprint density at radius 3 is 2.48 bits per heavy atom. The van der Waals surface area contributed by atoms with Crippen LogP contribution in [0.1, 0.15) is 37.5 Å². The van der Waals surface area contributed by atoms with Gasteiger partial charge < -0.3 is 4.74 Å². The molecule has 0 unspecified atom stereocenters. The lowest BCUT2D eigenvalue weighted by Crippen LogP contribution is -2.24. The molecule has 1 N–H and O–H groups in total. The Balaban J connectivity index is 1.86. The number of hydrogen-bond donors (Lipinski definition) is 1. The first-order valence-corrected chi connectivity index (χ1v) is 8.86. The van der Waals surface area contributed by atoms with Crippen molar-refractivity contribution in [2.45, 2.75) is 33.1 Å². The third kappa shape index (κ3) is 6.02. The molecular weight excluding hydrogens is 380 g/mol. The maximum absolute atomic E-state index is 11.8. The fourth-order valence-electron chi connectivity index (χ4n) is 2.18. The number of amides is 1. The van der Waals surface area contributed by atoms with Gasteiger partial charge in [-0.1, -0.05) is 61.0 Å². The maximum Gasteiger partial charge on any atom is 0.277 e. The highest BCUT2D eigenvalue weighted by Gasteiger charge is 2.15. The highest BCUT2D eigenvalue weighted by molar-refractivity contribution is 9.10. The minimum absolute atomic E-state index is 0.0760. The molecule has 25 heavy (non-hydrogen) atoms. The number of carbonyl (C=O) groups excluding carboxylic acids is 1. The minimum Gasteiger partial charge on any atom is -0.483 e. The van der Waals surface area contributed by atoms with Gasteiger partial charge in [0.15, 0.2) is 6.61 Å². The molecule has 0 heterocycles. The molecule has 5 heteroatoms. The van der Waals surface area contributed by atoms with Gasteiger partial charge in [-0.15, -0.1) is 0 Å². The van der Waals surface area contributed by atoms with Crippen LogP contribution < -0.4 is 10.2 Å². The van der Waals surface area contributed by atoms with Gasteiger partial charge in [0.25, 0.3) is 5.91 Å². The lowest BCUT2D eigenvalue weighted by molar-refractivity contribution is -0.123. The quantitative estimate of drug-likeness (QED) is 0.587. The number of rotatable bonds is 5. The molecule has 0 saturated heterocycles. The molecule has 0 aromatic heterocycles. The second kappa shape index (κ2) is 8.30. The number of hydrazone groups is 1. The summed E-state index contributed by atoms with van der Waals surface area (Å²) in [6, 6.07) is 13.7. The summed E-state index contributed by atoms with van der Waals surface area (Å²) in [5.74, 6) is 0.410. The van der Waals surface area contributed by atoms with Gasteiger partial charge in [-0.2, -0.15) is 5.10 Å². The van der Waals surface area contributed by atoms with E-state index in [-0.39, 0.29) is 17.9 Å². The SMILES string of the molecule is Cc1cc(C(C)(C)C)ccc1OCC(=O)NN=Cc1ccc(Br)cc1. The smallest absolute Gasteiger partial charge is 0.277 e. The van der Waals surface area contributed by atoms with Crippen LogP contribution in [0.3, 0.4) is 0 Å². The molecule has 0 aliphatic carbocycles. The number of carbonyl (C=O) groups is 1. The van der Waals surface area contributed by atoms with Gasteiger partial charge >= 0.3 is 0 Å². The number of halogens is 1. The van der Waals surface area contributed by atoms with E-state index in [0.29, 0.717) is 5.75 Å². The molecule has 0 saturated carbocycles. The molecule has 0 atom stereocenters. The number of hydrogen-bond acceptors (Lipinski definition) is 3. The van der Waals surface area contributed by atoms with Crippen molar-refractivity contribution < 1.29 is 9.53 Å². The molecule has 132 valence electrons. The highest BCUT2D eigenvalue weighted by Crippen LogP contribution is 2.27. The Bertz CT molecular complexity index is 762. The summed E-state index contributed by atoms with van der Waals surface area (Å²) in [4.78, 5) is 11.8. The van der Waals surface area contributed by atoms with Gasteiger partial charge in [0, 0.05) is 4.47 Å². The minimum atomic E-state index is -0.298. The van der Waals surface area contributed by atoms with E-state index in [1.807, 2.05) is 43.3 Å². The molecule has 2 aromatic rings. The van der Waals surface area contributed by atoms with Crippen LogP contribution in [0.5, 0.6) is 5.75 Å². The van der Waals surface area contributed by atoms with Gasteiger partial charge in [-0.3, -0.25) is 4.79 Å². The average Bonchev–Trinajstić information content (AvgIpc) is 2.54. The molecule has 0 bridgehead atoms. The van der Waals surface area contributed by atoms with Crippen LogP contribution in [0.25, 0.3) is 0 Å². The van der Waals surface area contributed by atoms with Crippen LogP contribution in [-0.4, -0.2) is 18.7 Å². The molecule has 0 aliphatic heterocycles. The first-order chi connectivity index (χ1) is 11.8. The third-order valence-electron chi connectivity index (χ3n) is 3.67. The van der Waals surface area contributed by atoms with Crippen LogP contribution in [0, 0.1) is 6.92 Å². The van der Waals surface area contributed by atoms with Crippen molar-refractivity contribution in [3.63, 3.8) is 0 Å². The van der Waals surface area contributed by atoms with Crippen molar-refractivity contribution in [2.24, 2.45) is 5.10 Å². The van der Waals surface area contributed by atoms with Gasteiger partial charge in [-0.25, -0.2) is 5.43 Å². The van der Waals surface area contributed by atoms with E-state index in [1.54, 1.807) is 6.21 Å². The molecule has 1 amide bonds. The lowest BCUT2D eigenvalue weighted by Gasteiger charge is -2.20. The summed E-state index contributed by atoms with van der Waals surface area (Å²) in [5.41, 5.74) is 5.70. The third-order valence-corrected chi connectivity index (χ3v) is 4.20. The summed E-state index contributed by atoms with van der Waals surface area (Å²) in [6.45, 7) is 8.40. The first kappa shape index (κ1) is 19.2. The Kier molecular flexibility index (Phi) is 6.37. The summed E-state index contributed by atoms with van der Waals surface area (Å²) in [7, 11) is 0. The predicted molar refractivity (Wildman–Crippen MR) is 105 cm³/mol. The van der Waals surface area contributed by atoms with E-state index in [9.17, 15) is 4.79 Å². The number of ether oxygens (including phenoxy) is 1. The van der Waals surface area contributed by atoms with E-state index in [2.05, 4.69) is 53.3 Å². The Labute approximate surface area is 157 Å². The highest BCUT2D eigenvalue weighted by atomic mass is 79.9. The Morgan fingerprint density at radius 1 is 1.20 bits per heavy atom. The van der Waals surface area contributed by atoms with Crippen LogP contribution in [0.15, 0.2) is 52.0 Å². The lowest BCUT2D eigenvalue weighted by atomic mass is 9.86. The number of aryl methyl sites for hydroxylation is 1. The molecule has 0 fully saturated rings. The van der Waals surface area contributed by atoms with Gasteiger partial charge in [0.1, 0.15) is 5.75 Å². The zero-order valence-electron chi connectivity index (χ0n) is 15.0. The predicted octanol–water partition coefficient (Wildman–Crippen LogP) is 4.58. The Morgan fingerprint density at radius 2 is 1.88 bits per heavy atom. The van der Waals surface area contributed by atoms with E-state index in [4.69, 9.17) is 4.74 Å². The molecule has 0 aliphatic rings. The number of benzene rings is 2. The largest absolute Gasteiger partial charge is 0.483 e. The Hall–Kier alpha value is -2.14. The van der Waals surface area contributed by atoms with Crippen molar-refractivity contribution in [2.75, 3.05) is 6.61 Å². The second-order valence-electron chi connectivity index (χ2n) is 6.86. The van der Waals surface area contributed by atoms with Crippen LogP contribution in [-0.2, 0) is 10.2 Å². The summed E-state index contributed by atoms with van der Waals surface area (Å²) < 4.78 is 6.59. The van der Waals surface area contributed by atoms with Crippen LogP contribution in [0.2, 0.25) is 0 Å². The van der Waals surface area contributed by atoms with Gasteiger partial charge in [0.05, 0.1) is 6.21 Å². The maximum atomic E-state index is 11.8. The zero-order valence-corrected chi connectivity index (χ0v) is 16.6.